The van der Waals surface area contributed by atoms with Crippen LogP contribution in [0.1, 0.15) is 19.0 Å². The Bertz CT molecular complexity index is 661. The molecule has 1 aromatic heterocycles. The van der Waals surface area contributed by atoms with Crippen molar-refractivity contribution in [3.8, 4) is 0 Å². The van der Waals surface area contributed by atoms with Crippen LogP contribution in [-0.4, -0.2) is 22.2 Å². The molecule has 1 heterocycles. The lowest BCUT2D eigenvalue weighted by Gasteiger charge is -2.08. The molecule has 2 aromatic rings. The fourth-order valence-electron chi connectivity index (χ4n) is 1.99. The maximum Gasteiger partial charge on any atom is 0.274 e. The summed E-state index contributed by atoms with van der Waals surface area (Å²) >= 11 is 0. The van der Waals surface area contributed by atoms with Gasteiger partial charge in [-0.25, -0.2) is 4.68 Å². The van der Waals surface area contributed by atoms with Crippen molar-refractivity contribution in [2.24, 2.45) is 7.05 Å². The molecule has 0 bridgehead atoms. The molecular formula is C14H17N3O2. The number of hydrogen-bond acceptors (Lipinski definition) is 3. The summed E-state index contributed by atoms with van der Waals surface area (Å²) in [5.41, 5.74) is 0.486. The number of rotatable bonds is 4. The molecule has 0 spiro atoms. The topological polar surface area (TPSA) is 64.0 Å². The van der Waals surface area contributed by atoms with E-state index < -0.39 is 0 Å². The summed E-state index contributed by atoms with van der Waals surface area (Å²) in [6.45, 7) is 2.66. The van der Waals surface area contributed by atoms with Crippen LogP contribution in [0, 0.1) is 0 Å². The molecule has 5 heteroatoms. The van der Waals surface area contributed by atoms with Crippen molar-refractivity contribution in [3.05, 3.63) is 40.3 Å². The lowest BCUT2D eigenvalue weighted by molar-refractivity contribution is -0.120. The van der Waals surface area contributed by atoms with Gasteiger partial charge >= 0.3 is 0 Å². The number of benzene rings is 1. The van der Waals surface area contributed by atoms with Crippen molar-refractivity contribution >= 4 is 16.7 Å². The standard InChI is InChI=1S/C14H17N3O2/c1-3-8-15-13(18)9-12-10-6-4-5-7-11(10)14(19)17(2)16-12/h4-7H,3,8-9H2,1-2H3,(H,15,18). The van der Waals surface area contributed by atoms with Gasteiger partial charge in [-0.2, -0.15) is 5.10 Å². The first-order valence-electron chi connectivity index (χ1n) is 6.35. The molecule has 100 valence electrons. The average molecular weight is 259 g/mol. The minimum Gasteiger partial charge on any atom is -0.356 e. The Morgan fingerprint density at radius 2 is 2.00 bits per heavy atom. The van der Waals surface area contributed by atoms with Gasteiger partial charge in [-0.05, 0) is 12.5 Å². The van der Waals surface area contributed by atoms with E-state index in [4.69, 9.17) is 0 Å². The van der Waals surface area contributed by atoms with Crippen LogP contribution in [0.2, 0.25) is 0 Å². The fraction of sp³-hybridized carbons (Fsp3) is 0.357. The van der Waals surface area contributed by atoms with Crippen LogP contribution in [-0.2, 0) is 18.3 Å². The van der Waals surface area contributed by atoms with Crippen LogP contribution >= 0.6 is 0 Å². The van der Waals surface area contributed by atoms with Crippen LogP contribution in [0.25, 0.3) is 10.8 Å². The molecule has 19 heavy (non-hydrogen) atoms. The predicted octanol–water partition coefficient (Wildman–Crippen LogP) is 1.00. The van der Waals surface area contributed by atoms with Crippen LogP contribution in [0.4, 0.5) is 0 Å². The Hall–Kier alpha value is -2.17. The molecule has 1 N–H and O–H groups in total. The SMILES string of the molecule is CCCNC(=O)Cc1nn(C)c(=O)c2ccccc12. The second kappa shape index (κ2) is 5.65. The summed E-state index contributed by atoms with van der Waals surface area (Å²) in [5, 5.41) is 8.35. The highest BCUT2D eigenvalue weighted by Crippen LogP contribution is 2.13. The predicted molar refractivity (Wildman–Crippen MR) is 74.0 cm³/mol. The van der Waals surface area contributed by atoms with Crippen LogP contribution < -0.4 is 10.9 Å². The zero-order valence-electron chi connectivity index (χ0n) is 11.1. The number of nitrogens with zero attached hydrogens (tertiary/aromatic N) is 2. The summed E-state index contributed by atoms with van der Waals surface area (Å²) in [6, 6.07) is 7.24. The number of aryl methyl sites for hydroxylation is 1. The van der Waals surface area contributed by atoms with E-state index in [1.54, 1.807) is 13.1 Å². The molecule has 2 rings (SSSR count). The van der Waals surface area contributed by atoms with E-state index in [9.17, 15) is 9.59 Å². The van der Waals surface area contributed by atoms with Gasteiger partial charge in [-0.15, -0.1) is 0 Å². The highest BCUT2D eigenvalue weighted by Gasteiger charge is 2.11. The molecule has 0 fully saturated rings. The second-order valence-electron chi connectivity index (χ2n) is 4.45. The maximum atomic E-state index is 11.9. The molecule has 0 radical (unpaired) electrons. The Morgan fingerprint density at radius 1 is 1.32 bits per heavy atom. The number of carbonyl (C=O) groups excluding carboxylic acids is 1. The Kier molecular flexibility index (Phi) is 3.94. The number of carbonyl (C=O) groups is 1. The number of amides is 1. The lowest BCUT2D eigenvalue weighted by Crippen LogP contribution is -2.28. The first-order chi connectivity index (χ1) is 9.13. The minimum atomic E-state index is -0.145. The lowest BCUT2D eigenvalue weighted by atomic mass is 10.1. The molecule has 0 atom stereocenters. The van der Waals surface area contributed by atoms with Crippen LogP contribution in [0.3, 0.4) is 0 Å². The highest BCUT2D eigenvalue weighted by atomic mass is 16.1. The normalized spacial score (nSPS) is 10.6. The Morgan fingerprint density at radius 3 is 2.68 bits per heavy atom. The third-order valence-corrected chi connectivity index (χ3v) is 2.93. The first-order valence-corrected chi connectivity index (χ1v) is 6.35. The number of nitrogens with one attached hydrogen (secondary N) is 1. The van der Waals surface area contributed by atoms with E-state index in [1.165, 1.54) is 4.68 Å². The Balaban J connectivity index is 2.41. The van der Waals surface area contributed by atoms with E-state index in [-0.39, 0.29) is 17.9 Å². The van der Waals surface area contributed by atoms with Crippen molar-refractivity contribution in [2.45, 2.75) is 19.8 Å². The molecular weight excluding hydrogens is 242 g/mol. The number of hydrogen-bond donors (Lipinski definition) is 1. The smallest absolute Gasteiger partial charge is 0.274 e. The third-order valence-electron chi connectivity index (χ3n) is 2.93. The summed E-state index contributed by atoms with van der Waals surface area (Å²) in [6.07, 6.45) is 1.09. The van der Waals surface area contributed by atoms with Gasteiger partial charge in [-0.1, -0.05) is 25.1 Å². The van der Waals surface area contributed by atoms with Gasteiger partial charge in [0.25, 0.3) is 5.56 Å². The van der Waals surface area contributed by atoms with Crippen molar-refractivity contribution in [1.29, 1.82) is 0 Å². The van der Waals surface area contributed by atoms with E-state index in [1.807, 2.05) is 25.1 Å². The van der Waals surface area contributed by atoms with Crippen LogP contribution in [0.5, 0.6) is 0 Å². The largest absolute Gasteiger partial charge is 0.356 e. The maximum absolute atomic E-state index is 11.9. The van der Waals surface area contributed by atoms with E-state index >= 15 is 0 Å². The molecule has 5 nitrogen and oxygen atoms in total. The van der Waals surface area contributed by atoms with Gasteiger partial charge in [0.05, 0.1) is 17.5 Å². The summed E-state index contributed by atoms with van der Waals surface area (Å²) < 4.78 is 1.28. The zero-order chi connectivity index (χ0) is 13.8. The van der Waals surface area contributed by atoms with Gasteiger partial charge in [0.1, 0.15) is 0 Å². The zero-order valence-corrected chi connectivity index (χ0v) is 11.1. The summed E-state index contributed by atoms with van der Waals surface area (Å²) in [5.74, 6) is -0.0712. The molecule has 0 saturated heterocycles. The van der Waals surface area contributed by atoms with E-state index in [2.05, 4.69) is 10.4 Å². The fourth-order valence-corrected chi connectivity index (χ4v) is 1.99. The first kappa shape index (κ1) is 13.3. The molecule has 0 saturated carbocycles. The van der Waals surface area contributed by atoms with Crippen molar-refractivity contribution in [2.75, 3.05) is 6.54 Å². The number of aromatic nitrogens is 2. The molecule has 0 unspecified atom stereocenters. The van der Waals surface area contributed by atoms with Crippen molar-refractivity contribution in [1.82, 2.24) is 15.1 Å². The second-order valence-corrected chi connectivity index (χ2v) is 4.45. The highest BCUT2D eigenvalue weighted by molar-refractivity contribution is 5.88. The van der Waals surface area contributed by atoms with Gasteiger partial charge in [0, 0.05) is 19.0 Å². The summed E-state index contributed by atoms with van der Waals surface area (Å²) in [4.78, 5) is 23.7. The minimum absolute atomic E-state index is 0.0712. The average Bonchev–Trinajstić information content (AvgIpc) is 2.42. The molecule has 1 amide bonds. The van der Waals surface area contributed by atoms with Crippen molar-refractivity contribution in [3.63, 3.8) is 0 Å². The van der Waals surface area contributed by atoms with E-state index in [0.29, 0.717) is 17.6 Å². The van der Waals surface area contributed by atoms with Gasteiger partial charge in [0.2, 0.25) is 5.91 Å². The molecule has 0 aliphatic rings. The van der Waals surface area contributed by atoms with Gasteiger partial charge in [0.15, 0.2) is 0 Å². The third kappa shape index (κ3) is 2.81. The molecule has 1 aromatic carbocycles. The monoisotopic (exact) mass is 259 g/mol. The molecule has 0 aliphatic carbocycles. The summed E-state index contributed by atoms with van der Waals surface area (Å²) in [7, 11) is 1.60. The Labute approximate surface area is 111 Å². The quantitative estimate of drug-likeness (QED) is 0.891. The number of fused-ring (bicyclic) bond motifs is 1. The van der Waals surface area contributed by atoms with Crippen molar-refractivity contribution < 1.29 is 4.79 Å². The van der Waals surface area contributed by atoms with Gasteiger partial charge < -0.3 is 5.32 Å². The van der Waals surface area contributed by atoms with Gasteiger partial charge in [-0.3, -0.25) is 9.59 Å². The van der Waals surface area contributed by atoms with E-state index in [0.717, 1.165) is 11.8 Å². The van der Waals surface area contributed by atoms with Crippen LogP contribution in [0.15, 0.2) is 29.1 Å². The molecule has 0 aliphatic heterocycles.